The lowest BCUT2D eigenvalue weighted by Crippen LogP contribution is -2.35. The van der Waals surface area contributed by atoms with E-state index in [1.807, 2.05) is 0 Å². The summed E-state index contributed by atoms with van der Waals surface area (Å²) < 4.78 is 48.3. The Morgan fingerprint density at radius 3 is 2.59 bits per heavy atom. The van der Waals surface area contributed by atoms with Crippen LogP contribution in [0.2, 0.25) is 0 Å². The van der Waals surface area contributed by atoms with Crippen LogP contribution < -0.4 is 15.4 Å². The second-order valence-electron chi connectivity index (χ2n) is 11.2. The predicted molar refractivity (Wildman–Crippen MR) is 143 cm³/mol. The molecule has 0 spiro atoms. The number of methoxy groups -OCH3 is 1. The first kappa shape index (κ1) is 27.1. The van der Waals surface area contributed by atoms with Crippen LogP contribution in [0.25, 0.3) is 0 Å². The van der Waals surface area contributed by atoms with Crippen LogP contribution in [0.15, 0.2) is 30.3 Å². The number of rotatable bonds is 4. The molecule has 206 valence electrons. The fraction of sp³-hybridized carbons (Fsp3) is 0.464. The fourth-order valence-electron chi connectivity index (χ4n) is 5.44. The van der Waals surface area contributed by atoms with E-state index < -0.39 is 24.2 Å². The Labute approximate surface area is 229 Å². The summed E-state index contributed by atoms with van der Waals surface area (Å²) in [6, 6.07) is 7.85. The summed E-state index contributed by atoms with van der Waals surface area (Å²) in [5.41, 5.74) is 2.04. The van der Waals surface area contributed by atoms with Crippen molar-refractivity contribution in [1.29, 1.82) is 5.26 Å². The molecule has 0 fully saturated rings. The van der Waals surface area contributed by atoms with Crippen LogP contribution >= 0.6 is 11.3 Å². The van der Waals surface area contributed by atoms with Gasteiger partial charge in [-0.2, -0.15) is 23.5 Å². The normalized spacial score (nSPS) is 20.8. The van der Waals surface area contributed by atoms with Gasteiger partial charge in [-0.1, -0.05) is 32.9 Å². The number of hydrogen-bond donors (Lipinski definition) is 2. The fourth-order valence-corrected chi connectivity index (χ4v) is 6.71. The standard InChI is InChI=1S/C28H30F3N5O2S/c1-27(2,3)16-7-10-18-19(14-32)26(39-22(18)11-16)34-25(37)21-13-24-33-20(15-5-8-17(38-4)9-6-15)12-23(28(29,30)31)36(24)35-21/h5-6,8-9,13,16,20,23,33H,7,10-12H2,1-4H3,(H,34,37)/t16-,20+,23+/m1/s1. The summed E-state index contributed by atoms with van der Waals surface area (Å²) in [6.45, 7) is 6.60. The molecule has 7 nitrogen and oxygen atoms in total. The summed E-state index contributed by atoms with van der Waals surface area (Å²) in [5, 5.41) is 20.2. The second kappa shape index (κ2) is 9.90. The number of amides is 1. The molecule has 0 unspecified atom stereocenters. The minimum atomic E-state index is -4.56. The number of anilines is 2. The molecule has 3 atom stereocenters. The van der Waals surface area contributed by atoms with E-state index in [0.29, 0.717) is 27.8 Å². The van der Waals surface area contributed by atoms with Gasteiger partial charge < -0.3 is 15.4 Å². The molecule has 2 aromatic heterocycles. The molecule has 0 saturated heterocycles. The van der Waals surface area contributed by atoms with Gasteiger partial charge in [0.1, 0.15) is 22.6 Å². The Morgan fingerprint density at radius 2 is 1.97 bits per heavy atom. The van der Waals surface area contributed by atoms with Crippen LogP contribution in [0.5, 0.6) is 5.75 Å². The van der Waals surface area contributed by atoms with E-state index in [4.69, 9.17) is 4.74 Å². The van der Waals surface area contributed by atoms with Gasteiger partial charge in [-0.25, -0.2) is 4.68 Å². The number of aromatic nitrogens is 2. The summed E-state index contributed by atoms with van der Waals surface area (Å²) in [5.74, 6) is 0.520. The highest BCUT2D eigenvalue weighted by molar-refractivity contribution is 7.16. The van der Waals surface area contributed by atoms with Crippen LogP contribution in [0.3, 0.4) is 0 Å². The van der Waals surface area contributed by atoms with Crippen molar-refractivity contribution in [2.75, 3.05) is 17.7 Å². The topological polar surface area (TPSA) is 92.0 Å². The third-order valence-corrected chi connectivity index (χ3v) is 8.94. The molecule has 11 heteroatoms. The third kappa shape index (κ3) is 5.22. The summed E-state index contributed by atoms with van der Waals surface area (Å²) in [6.07, 6.45) is -2.29. The quantitative estimate of drug-likeness (QED) is 0.365. The molecule has 3 aromatic rings. The lowest BCUT2D eigenvalue weighted by Gasteiger charge is -2.33. The molecule has 0 saturated carbocycles. The first-order valence-corrected chi connectivity index (χ1v) is 13.6. The zero-order chi connectivity index (χ0) is 28.1. The zero-order valence-corrected chi connectivity index (χ0v) is 23.0. The summed E-state index contributed by atoms with van der Waals surface area (Å²) in [7, 11) is 1.52. The minimum Gasteiger partial charge on any atom is -0.497 e. The maximum atomic E-state index is 14.1. The number of halogens is 3. The van der Waals surface area contributed by atoms with Crippen LogP contribution in [-0.4, -0.2) is 29.0 Å². The number of nitriles is 1. The average Bonchev–Trinajstić information content (AvgIpc) is 3.47. The number of thiophene rings is 1. The lowest BCUT2D eigenvalue weighted by molar-refractivity contribution is -0.173. The molecule has 3 heterocycles. The van der Waals surface area contributed by atoms with E-state index in [9.17, 15) is 23.2 Å². The molecule has 0 bridgehead atoms. The first-order valence-electron chi connectivity index (χ1n) is 12.8. The molecule has 1 aliphatic heterocycles. The molecule has 2 N–H and O–H groups in total. The number of hydrogen-bond acceptors (Lipinski definition) is 6. The number of benzene rings is 1. The number of nitrogens with one attached hydrogen (secondary N) is 2. The van der Waals surface area contributed by atoms with E-state index >= 15 is 0 Å². The van der Waals surface area contributed by atoms with Gasteiger partial charge in [-0.05, 0) is 53.9 Å². The Bertz CT molecular complexity index is 1430. The van der Waals surface area contributed by atoms with Crippen LogP contribution in [0.1, 0.15) is 77.8 Å². The Hall–Kier alpha value is -3.52. The van der Waals surface area contributed by atoms with E-state index in [1.165, 1.54) is 24.5 Å². The van der Waals surface area contributed by atoms with Crippen molar-refractivity contribution >= 4 is 28.1 Å². The molecular weight excluding hydrogens is 527 g/mol. The number of ether oxygens (including phenoxy) is 1. The molecule has 2 aliphatic rings. The highest BCUT2D eigenvalue weighted by atomic mass is 32.1. The van der Waals surface area contributed by atoms with Crippen molar-refractivity contribution in [3.63, 3.8) is 0 Å². The van der Waals surface area contributed by atoms with Gasteiger partial charge >= 0.3 is 6.18 Å². The number of nitrogens with zero attached hydrogens (tertiary/aromatic N) is 3. The van der Waals surface area contributed by atoms with Crippen molar-refractivity contribution in [2.24, 2.45) is 11.3 Å². The summed E-state index contributed by atoms with van der Waals surface area (Å²) in [4.78, 5) is 14.3. The average molecular weight is 558 g/mol. The largest absolute Gasteiger partial charge is 0.497 e. The van der Waals surface area contributed by atoms with Gasteiger partial charge in [0.05, 0.1) is 18.7 Å². The maximum absolute atomic E-state index is 14.1. The lowest BCUT2D eigenvalue weighted by atomic mass is 9.72. The van der Waals surface area contributed by atoms with Crippen molar-refractivity contribution < 1.29 is 22.7 Å². The van der Waals surface area contributed by atoms with E-state index in [2.05, 4.69) is 42.6 Å². The van der Waals surface area contributed by atoms with Crippen LogP contribution in [-0.2, 0) is 12.8 Å². The molecule has 1 aromatic carbocycles. The number of fused-ring (bicyclic) bond motifs is 2. The van der Waals surface area contributed by atoms with E-state index in [-0.39, 0.29) is 23.3 Å². The maximum Gasteiger partial charge on any atom is 0.410 e. The molecule has 0 radical (unpaired) electrons. The number of carbonyl (C=O) groups is 1. The van der Waals surface area contributed by atoms with Gasteiger partial charge in [-0.3, -0.25) is 4.79 Å². The summed E-state index contributed by atoms with van der Waals surface area (Å²) >= 11 is 1.37. The van der Waals surface area contributed by atoms with Crippen molar-refractivity contribution in [3.05, 3.63) is 57.6 Å². The van der Waals surface area contributed by atoms with Gasteiger partial charge in [0, 0.05) is 17.4 Å². The Balaban J connectivity index is 1.41. The van der Waals surface area contributed by atoms with Crippen LogP contribution in [0, 0.1) is 22.7 Å². The smallest absolute Gasteiger partial charge is 0.410 e. The number of carbonyl (C=O) groups excluding carboxylic acids is 1. The highest BCUT2D eigenvalue weighted by Gasteiger charge is 2.47. The van der Waals surface area contributed by atoms with Crippen molar-refractivity contribution in [2.45, 2.75) is 64.7 Å². The molecule has 1 amide bonds. The van der Waals surface area contributed by atoms with Crippen molar-refractivity contribution in [1.82, 2.24) is 9.78 Å². The van der Waals surface area contributed by atoms with Gasteiger partial charge in [0.15, 0.2) is 11.7 Å². The van der Waals surface area contributed by atoms with E-state index in [1.54, 1.807) is 24.3 Å². The number of alkyl halides is 3. The van der Waals surface area contributed by atoms with Gasteiger partial charge in [0.2, 0.25) is 0 Å². The molecule has 39 heavy (non-hydrogen) atoms. The highest BCUT2D eigenvalue weighted by Crippen LogP contribution is 2.45. The van der Waals surface area contributed by atoms with Gasteiger partial charge in [0.25, 0.3) is 5.91 Å². The van der Waals surface area contributed by atoms with Crippen LogP contribution in [0.4, 0.5) is 24.0 Å². The predicted octanol–water partition coefficient (Wildman–Crippen LogP) is 6.89. The Morgan fingerprint density at radius 1 is 1.26 bits per heavy atom. The Kier molecular flexibility index (Phi) is 6.87. The van der Waals surface area contributed by atoms with E-state index in [0.717, 1.165) is 34.4 Å². The zero-order valence-electron chi connectivity index (χ0n) is 22.1. The van der Waals surface area contributed by atoms with Crippen molar-refractivity contribution in [3.8, 4) is 11.8 Å². The minimum absolute atomic E-state index is 0.105. The molecule has 1 aliphatic carbocycles. The SMILES string of the molecule is COc1ccc([C@@H]2C[C@@H](C(F)(F)F)n3nc(C(=O)Nc4sc5c(c4C#N)CC[C@@H](C(C)(C)C)C5)cc3N2)cc1. The van der Waals surface area contributed by atoms with Gasteiger partial charge in [-0.15, -0.1) is 11.3 Å². The monoisotopic (exact) mass is 557 g/mol. The molecular formula is C28H30F3N5O2S. The second-order valence-corrected chi connectivity index (χ2v) is 12.3. The first-order chi connectivity index (χ1) is 18.4. The third-order valence-electron chi connectivity index (χ3n) is 7.77. The molecule has 5 rings (SSSR count).